The average molecular weight is 345 g/mol. The minimum atomic E-state index is -0.457. The summed E-state index contributed by atoms with van der Waals surface area (Å²) in [5.74, 6) is -0.875. The molecular formula is C21H16FN3O. The van der Waals surface area contributed by atoms with E-state index >= 15 is 0 Å². The fourth-order valence-corrected chi connectivity index (χ4v) is 2.33. The Kier molecular flexibility index (Phi) is 5.62. The molecule has 26 heavy (non-hydrogen) atoms. The lowest BCUT2D eigenvalue weighted by Gasteiger charge is -2.07. The summed E-state index contributed by atoms with van der Waals surface area (Å²) in [5.41, 5.74) is 5.43. The third-order valence-corrected chi connectivity index (χ3v) is 3.53. The highest BCUT2D eigenvalue weighted by Gasteiger charge is 2.07. The molecule has 1 aromatic heterocycles. The molecule has 0 unspecified atom stereocenters. The standard InChI is InChI=1S/C21H16FN3O/c22-19-13-16(14-23-15-19)11-12-20(26)24-25-21(17-7-3-1-4-8-17)18-9-5-2-6-10-18/h1-15H,(H,24,26)/b12-11+. The first-order chi connectivity index (χ1) is 12.7. The number of hydrazone groups is 1. The topological polar surface area (TPSA) is 54.4 Å². The summed E-state index contributed by atoms with van der Waals surface area (Å²) in [6.07, 6.45) is 5.34. The second-order valence-corrected chi connectivity index (χ2v) is 5.44. The van der Waals surface area contributed by atoms with Crippen molar-refractivity contribution >= 4 is 17.7 Å². The minimum absolute atomic E-state index is 0.418. The molecule has 1 N–H and O–H groups in total. The summed E-state index contributed by atoms with van der Waals surface area (Å²) in [5, 5.41) is 4.27. The largest absolute Gasteiger partial charge is 0.268 e. The van der Waals surface area contributed by atoms with E-state index in [9.17, 15) is 9.18 Å². The van der Waals surface area contributed by atoms with Gasteiger partial charge in [-0.25, -0.2) is 9.82 Å². The van der Waals surface area contributed by atoms with Gasteiger partial charge in [-0.2, -0.15) is 5.10 Å². The van der Waals surface area contributed by atoms with Crippen molar-refractivity contribution in [3.05, 3.63) is 108 Å². The van der Waals surface area contributed by atoms with Gasteiger partial charge in [0, 0.05) is 23.4 Å². The van der Waals surface area contributed by atoms with Gasteiger partial charge in [-0.15, -0.1) is 0 Å². The van der Waals surface area contributed by atoms with Gasteiger partial charge in [0.05, 0.1) is 11.9 Å². The van der Waals surface area contributed by atoms with Crippen molar-refractivity contribution in [2.24, 2.45) is 5.10 Å². The molecule has 5 heteroatoms. The summed E-state index contributed by atoms with van der Waals surface area (Å²) in [6, 6.07) is 20.5. The zero-order valence-electron chi connectivity index (χ0n) is 13.8. The van der Waals surface area contributed by atoms with Crippen LogP contribution in [0.2, 0.25) is 0 Å². The first-order valence-electron chi connectivity index (χ1n) is 7.99. The zero-order chi connectivity index (χ0) is 18.2. The van der Waals surface area contributed by atoms with E-state index in [0.717, 1.165) is 17.3 Å². The molecule has 0 radical (unpaired) electrons. The van der Waals surface area contributed by atoms with Gasteiger partial charge in [0.25, 0.3) is 5.91 Å². The molecule has 0 saturated carbocycles. The highest BCUT2D eigenvalue weighted by molar-refractivity contribution is 6.13. The van der Waals surface area contributed by atoms with E-state index < -0.39 is 11.7 Å². The van der Waals surface area contributed by atoms with E-state index in [4.69, 9.17) is 0 Å². The first kappa shape index (κ1) is 17.2. The lowest BCUT2D eigenvalue weighted by Crippen LogP contribution is -2.18. The van der Waals surface area contributed by atoms with Crippen LogP contribution in [0.15, 0.2) is 90.3 Å². The fraction of sp³-hybridized carbons (Fsp3) is 0. The maximum absolute atomic E-state index is 13.1. The Balaban J connectivity index is 1.79. The molecule has 128 valence electrons. The monoisotopic (exact) mass is 345 g/mol. The Hall–Kier alpha value is -3.60. The lowest BCUT2D eigenvalue weighted by atomic mass is 10.0. The van der Waals surface area contributed by atoms with Crippen molar-refractivity contribution < 1.29 is 9.18 Å². The number of carbonyl (C=O) groups is 1. The zero-order valence-corrected chi connectivity index (χ0v) is 13.8. The fourth-order valence-electron chi connectivity index (χ4n) is 2.33. The van der Waals surface area contributed by atoms with Gasteiger partial charge >= 0.3 is 0 Å². The van der Waals surface area contributed by atoms with Gasteiger partial charge in [-0.1, -0.05) is 60.7 Å². The smallest absolute Gasteiger partial charge is 0.264 e. The molecule has 0 atom stereocenters. The van der Waals surface area contributed by atoms with Gasteiger partial charge < -0.3 is 0 Å². The third-order valence-electron chi connectivity index (χ3n) is 3.53. The molecule has 3 rings (SSSR count). The van der Waals surface area contributed by atoms with Gasteiger partial charge in [0.15, 0.2) is 0 Å². The lowest BCUT2D eigenvalue weighted by molar-refractivity contribution is -0.116. The Labute approximate surface area is 150 Å². The molecule has 4 nitrogen and oxygen atoms in total. The van der Waals surface area contributed by atoms with E-state index in [1.807, 2.05) is 60.7 Å². The Morgan fingerprint density at radius 2 is 1.58 bits per heavy atom. The van der Waals surface area contributed by atoms with E-state index in [1.54, 1.807) is 0 Å². The number of nitrogens with one attached hydrogen (secondary N) is 1. The van der Waals surface area contributed by atoms with Gasteiger partial charge in [-0.05, 0) is 17.7 Å². The molecule has 0 aliphatic rings. The van der Waals surface area contributed by atoms with E-state index in [1.165, 1.54) is 24.4 Å². The summed E-state index contributed by atoms with van der Waals surface area (Å²) >= 11 is 0. The molecule has 0 bridgehead atoms. The van der Waals surface area contributed by atoms with Gasteiger partial charge in [-0.3, -0.25) is 9.78 Å². The Morgan fingerprint density at radius 1 is 0.962 bits per heavy atom. The number of amides is 1. The third kappa shape index (κ3) is 4.70. The van der Waals surface area contributed by atoms with Crippen LogP contribution >= 0.6 is 0 Å². The van der Waals surface area contributed by atoms with Gasteiger partial charge in [0.1, 0.15) is 5.82 Å². The predicted molar refractivity (Wildman–Crippen MR) is 99.9 cm³/mol. The molecule has 0 aliphatic heterocycles. The van der Waals surface area contributed by atoms with Crippen LogP contribution in [0.25, 0.3) is 6.08 Å². The van der Waals surface area contributed by atoms with Crippen LogP contribution in [-0.4, -0.2) is 16.6 Å². The first-order valence-corrected chi connectivity index (χ1v) is 7.99. The molecule has 1 amide bonds. The number of nitrogens with zero attached hydrogens (tertiary/aromatic N) is 2. The van der Waals surface area contributed by atoms with Crippen molar-refractivity contribution in [3.8, 4) is 0 Å². The number of rotatable bonds is 5. The molecule has 0 spiro atoms. The van der Waals surface area contributed by atoms with Crippen LogP contribution in [0.3, 0.4) is 0 Å². The van der Waals surface area contributed by atoms with Crippen molar-refractivity contribution in [2.75, 3.05) is 0 Å². The second kappa shape index (κ2) is 8.48. The molecule has 1 heterocycles. The predicted octanol–water partition coefficient (Wildman–Crippen LogP) is 3.80. The number of halogens is 1. The van der Waals surface area contributed by atoms with Crippen LogP contribution in [-0.2, 0) is 4.79 Å². The number of hydrogen-bond acceptors (Lipinski definition) is 3. The number of pyridine rings is 1. The normalized spacial score (nSPS) is 10.5. The summed E-state index contributed by atoms with van der Waals surface area (Å²) in [4.78, 5) is 15.8. The molecule has 2 aromatic carbocycles. The summed E-state index contributed by atoms with van der Waals surface area (Å²) in [6.45, 7) is 0. The molecule has 0 saturated heterocycles. The van der Waals surface area contributed by atoms with E-state index in [-0.39, 0.29) is 0 Å². The maximum Gasteiger partial charge on any atom is 0.264 e. The number of carbonyl (C=O) groups excluding carboxylic acids is 1. The Morgan fingerprint density at radius 3 is 2.15 bits per heavy atom. The maximum atomic E-state index is 13.1. The van der Waals surface area contributed by atoms with Crippen LogP contribution in [0.1, 0.15) is 16.7 Å². The van der Waals surface area contributed by atoms with E-state index in [2.05, 4.69) is 15.5 Å². The Bertz CT molecular complexity index is 896. The molecule has 3 aromatic rings. The average Bonchev–Trinajstić information content (AvgIpc) is 2.68. The molecule has 0 fully saturated rings. The summed E-state index contributed by atoms with van der Waals surface area (Å²) in [7, 11) is 0. The minimum Gasteiger partial charge on any atom is -0.268 e. The van der Waals surface area contributed by atoms with Crippen molar-refractivity contribution in [1.29, 1.82) is 0 Å². The highest BCUT2D eigenvalue weighted by atomic mass is 19.1. The van der Waals surface area contributed by atoms with Crippen LogP contribution in [0, 0.1) is 5.82 Å². The number of hydrogen-bond donors (Lipinski definition) is 1. The van der Waals surface area contributed by atoms with Crippen molar-refractivity contribution in [1.82, 2.24) is 10.4 Å². The van der Waals surface area contributed by atoms with E-state index in [0.29, 0.717) is 11.3 Å². The quantitative estimate of drug-likeness (QED) is 0.434. The van der Waals surface area contributed by atoms with Crippen molar-refractivity contribution in [3.63, 3.8) is 0 Å². The van der Waals surface area contributed by atoms with Gasteiger partial charge in [0.2, 0.25) is 0 Å². The summed E-state index contributed by atoms with van der Waals surface area (Å²) < 4.78 is 13.1. The SMILES string of the molecule is O=C(/C=C/c1cncc(F)c1)NN=C(c1ccccc1)c1ccccc1. The highest BCUT2D eigenvalue weighted by Crippen LogP contribution is 2.10. The van der Waals surface area contributed by atoms with Crippen molar-refractivity contribution in [2.45, 2.75) is 0 Å². The number of benzene rings is 2. The van der Waals surface area contributed by atoms with Crippen LogP contribution in [0.4, 0.5) is 4.39 Å². The van der Waals surface area contributed by atoms with Crippen LogP contribution in [0.5, 0.6) is 0 Å². The van der Waals surface area contributed by atoms with Crippen LogP contribution < -0.4 is 5.43 Å². The molecule has 0 aliphatic carbocycles. The number of aromatic nitrogens is 1. The second-order valence-electron chi connectivity index (χ2n) is 5.44. The molecular weight excluding hydrogens is 329 g/mol.